The fourth-order valence-corrected chi connectivity index (χ4v) is 2.28. The van der Waals surface area contributed by atoms with Crippen LogP contribution in [0.15, 0.2) is 5.38 Å². The number of hydrogen-bond donors (Lipinski definition) is 0. The van der Waals surface area contributed by atoms with Crippen LogP contribution in [0.4, 0.5) is 0 Å². The zero-order valence-corrected chi connectivity index (χ0v) is 9.33. The molecule has 12 heavy (non-hydrogen) atoms. The van der Waals surface area contributed by atoms with Crippen molar-refractivity contribution in [1.82, 2.24) is 4.37 Å². The van der Waals surface area contributed by atoms with Gasteiger partial charge in [0, 0.05) is 5.38 Å². The molecule has 0 saturated heterocycles. The highest BCUT2D eigenvalue weighted by molar-refractivity contribution is 7.03. The summed E-state index contributed by atoms with van der Waals surface area (Å²) in [6.07, 6.45) is 0. The Kier molecular flexibility index (Phi) is 2.57. The van der Waals surface area contributed by atoms with Gasteiger partial charge in [0.1, 0.15) is 0 Å². The van der Waals surface area contributed by atoms with Crippen molar-refractivity contribution in [3.63, 3.8) is 0 Å². The monoisotopic (exact) mass is 183 g/mol. The van der Waals surface area contributed by atoms with Gasteiger partial charge in [0.05, 0.1) is 5.69 Å². The molecule has 1 aromatic rings. The van der Waals surface area contributed by atoms with Gasteiger partial charge in [-0.25, -0.2) is 0 Å². The highest BCUT2D eigenvalue weighted by atomic mass is 32.1. The van der Waals surface area contributed by atoms with Crippen LogP contribution in [0.1, 0.15) is 51.8 Å². The smallest absolute Gasteiger partial charge is 0.0604 e. The van der Waals surface area contributed by atoms with E-state index in [0.29, 0.717) is 5.92 Å². The van der Waals surface area contributed by atoms with Crippen LogP contribution in [0.3, 0.4) is 0 Å². The predicted octanol–water partition coefficient (Wildman–Crippen LogP) is 3.56. The minimum atomic E-state index is 0.243. The zero-order chi connectivity index (χ0) is 9.35. The summed E-state index contributed by atoms with van der Waals surface area (Å²) in [7, 11) is 0. The lowest BCUT2D eigenvalue weighted by Crippen LogP contribution is -2.13. The molecule has 0 aromatic carbocycles. The Morgan fingerprint density at radius 3 is 2.25 bits per heavy atom. The van der Waals surface area contributed by atoms with Crippen LogP contribution in [0.5, 0.6) is 0 Å². The van der Waals surface area contributed by atoms with Crippen LogP contribution in [-0.2, 0) is 5.41 Å². The quantitative estimate of drug-likeness (QED) is 0.648. The van der Waals surface area contributed by atoms with Crippen LogP contribution in [0.25, 0.3) is 0 Å². The fourth-order valence-electron chi connectivity index (χ4n) is 1.22. The molecule has 1 aromatic heterocycles. The lowest BCUT2D eigenvalue weighted by molar-refractivity contribution is 0.576. The minimum Gasteiger partial charge on any atom is -0.197 e. The average Bonchev–Trinajstić information content (AvgIpc) is 2.30. The third kappa shape index (κ3) is 1.86. The van der Waals surface area contributed by atoms with E-state index in [2.05, 4.69) is 44.4 Å². The molecule has 0 amide bonds. The summed E-state index contributed by atoms with van der Waals surface area (Å²) in [5.41, 5.74) is 2.92. The third-order valence-electron chi connectivity index (χ3n) is 1.95. The van der Waals surface area contributed by atoms with Gasteiger partial charge in [0.25, 0.3) is 0 Å². The molecule has 0 N–H and O–H groups in total. The van der Waals surface area contributed by atoms with Gasteiger partial charge in [-0.2, -0.15) is 4.37 Å². The van der Waals surface area contributed by atoms with Gasteiger partial charge in [-0.05, 0) is 28.4 Å². The van der Waals surface area contributed by atoms with Crippen molar-refractivity contribution in [3.05, 3.63) is 16.6 Å². The Bertz CT molecular complexity index is 255. The van der Waals surface area contributed by atoms with Gasteiger partial charge < -0.3 is 0 Å². The first-order valence-corrected chi connectivity index (χ1v) is 5.21. The summed E-state index contributed by atoms with van der Waals surface area (Å²) in [6, 6.07) is 0. The molecular formula is C10H17NS. The van der Waals surface area contributed by atoms with Gasteiger partial charge in [-0.3, -0.25) is 0 Å². The molecule has 68 valence electrons. The van der Waals surface area contributed by atoms with Gasteiger partial charge >= 0.3 is 0 Å². The summed E-state index contributed by atoms with van der Waals surface area (Å²) in [4.78, 5) is 0. The maximum absolute atomic E-state index is 4.42. The molecule has 0 fully saturated rings. The lowest BCUT2D eigenvalue weighted by atomic mass is 9.85. The molecule has 1 rings (SSSR count). The van der Waals surface area contributed by atoms with Crippen molar-refractivity contribution in [3.8, 4) is 0 Å². The number of hydrogen-bond acceptors (Lipinski definition) is 2. The number of rotatable bonds is 1. The molecule has 0 unspecified atom stereocenters. The molecule has 0 spiro atoms. The minimum absolute atomic E-state index is 0.243. The van der Waals surface area contributed by atoms with E-state index in [-0.39, 0.29) is 5.41 Å². The van der Waals surface area contributed by atoms with E-state index in [1.54, 1.807) is 11.5 Å². The molecule has 0 aliphatic heterocycles. The number of aromatic nitrogens is 1. The maximum Gasteiger partial charge on any atom is 0.0604 e. The average molecular weight is 183 g/mol. The van der Waals surface area contributed by atoms with E-state index >= 15 is 0 Å². The van der Waals surface area contributed by atoms with Crippen LogP contribution in [-0.4, -0.2) is 4.37 Å². The summed E-state index contributed by atoms with van der Waals surface area (Å²) < 4.78 is 4.42. The Labute approximate surface area is 79.0 Å². The summed E-state index contributed by atoms with van der Waals surface area (Å²) >= 11 is 1.57. The Balaban J connectivity index is 3.08. The molecule has 0 radical (unpaired) electrons. The van der Waals surface area contributed by atoms with Crippen molar-refractivity contribution in [1.29, 1.82) is 0 Å². The normalized spacial score (nSPS) is 12.5. The molecular weight excluding hydrogens is 166 g/mol. The van der Waals surface area contributed by atoms with E-state index in [4.69, 9.17) is 0 Å². The van der Waals surface area contributed by atoms with Crippen molar-refractivity contribution in [2.75, 3.05) is 0 Å². The number of nitrogens with zero attached hydrogens (tertiary/aromatic N) is 1. The first-order chi connectivity index (χ1) is 5.43. The van der Waals surface area contributed by atoms with Gasteiger partial charge in [0.2, 0.25) is 0 Å². The standard InChI is InChI=1S/C10H17NS/c1-7(2)9-8(6-12-11-9)10(3,4)5/h6-7H,1-5H3. The van der Waals surface area contributed by atoms with E-state index in [0.717, 1.165) is 0 Å². The molecule has 1 nitrogen and oxygen atoms in total. The van der Waals surface area contributed by atoms with Crippen LogP contribution in [0.2, 0.25) is 0 Å². The summed E-state index contributed by atoms with van der Waals surface area (Å²) in [5, 5.41) is 2.18. The highest BCUT2D eigenvalue weighted by Gasteiger charge is 2.21. The van der Waals surface area contributed by atoms with Crippen LogP contribution < -0.4 is 0 Å². The highest BCUT2D eigenvalue weighted by Crippen LogP contribution is 2.30. The van der Waals surface area contributed by atoms with Crippen LogP contribution >= 0.6 is 11.5 Å². The van der Waals surface area contributed by atoms with Crippen LogP contribution in [0, 0.1) is 0 Å². The van der Waals surface area contributed by atoms with E-state index < -0.39 is 0 Å². The van der Waals surface area contributed by atoms with Crippen molar-refractivity contribution in [2.24, 2.45) is 0 Å². The Morgan fingerprint density at radius 1 is 1.33 bits per heavy atom. The SMILES string of the molecule is CC(C)c1nscc1C(C)(C)C. The summed E-state index contributed by atoms with van der Waals surface area (Å²) in [6.45, 7) is 11.1. The van der Waals surface area contributed by atoms with E-state index in [1.807, 2.05) is 0 Å². The second-order valence-corrected chi connectivity index (χ2v) is 5.15. The molecule has 0 bridgehead atoms. The van der Waals surface area contributed by atoms with E-state index in [9.17, 15) is 0 Å². The molecule has 2 heteroatoms. The Morgan fingerprint density at radius 2 is 1.92 bits per heavy atom. The molecule has 0 saturated carbocycles. The van der Waals surface area contributed by atoms with Gasteiger partial charge in [-0.15, -0.1) is 0 Å². The molecule has 1 heterocycles. The first kappa shape index (κ1) is 9.72. The Hall–Kier alpha value is -0.370. The summed E-state index contributed by atoms with van der Waals surface area (Å²) in [5.74, 6) is 0.547. The topological polar surface area (TPSA) is 12.9 Å². The van der Waals surface area contributed by atoms with Crippen molar-refractivity contribution >= 4 is 11.5 Å². The van der Waals surface area contributed by atoms with Gasteiger partial charge in [0.15, 0.2) is 0 Å². The zero-order valence-electron chi connectivity index (χ0n) is 8.51. The first-order valence-electron chi connectivity index (χ1n) is 4.37. The molecule has 0 atom stereocenters. The maximum atomic E-state index is 4.42. The van der Waals surface area contributed by atoms with Crippen molar-refractivity contribution < 1.29 is 0 Å². The molecule has 0 aliphatic rings. The lowest BCUT2D eigenvalue weighted by Gasteiger charge is -2.19. The largest absolute Gasteiger partial charge is 0.197 e. The third-order valence-corrected chi connectivity index (χ3v) is 2.60. The second kappa shape index (κ2) is 3.17. The molecule has 0 aliphatic carbocycles. The van der Waals surface area contributed by atoms with E-state index in [1.165, 1.54) is 11.3 Å². The van der Waals surface area contributed by atoms with Gasteiger partial charge in [-0.1, -0.05) is 34.6 Å². The predicted molar refractivity (Wildman–Crippen MR) is 54.9 cm³/mol. The van der Waals surface area contributed by atoms with Crippen molar-refractivity contribution in [2.45, 2.75) is 46.0 Å². The fraction of sp³-hybridized carbons (Fsp3) is 0.700. The second-order valence-electron chi connectivity index (χ2n) is 4.52.